The predicted octanol–water partition coefficient (Wildman–Crippen LogP) is 6.62. The van der Waals surface area contributed by atoms with Gasteiger partial charge in [-0.3, -0.25) is 0 Å². The lowest BCUT2D eigenvalue weighted by atomic mass is 10.1. The van der Waals surface area contributed by atoms with Crippen molar-refractivity contribution in [2.24, 2.45) is 0 Å². The van der Waals surface area contributed by atoms with Crippen molar-refractivity contribution in [1.29, 1.82) is 0 Å². The van der Waals surface area contributed by atoms with Gasteiger partial charge in [0.2, 0.25) is 0 Å². The lowest BCUT2D eigenvalue weighted by Crippen LogP contribution is -2.21. The molecule has 0 aliphatic carbocycles. The monoisotopic (exact) mass is 406 g/mol. The number of hydrogen-bond donors (Lipinski definition) is 3. The second kappa shape index (κ2) is 21.0. The Morgan fingerprint density at radius 2 is 1.04 bits per heavy atom. The third-order valence-corrected chi connectivity index (χ3v) is 6.58. The molecule has 27 heavy (non-hydrogen) atoms. The van der Waals surface area contributed by atoms with E-state index in [1.54, 1.807) is 0 Å². The van der Waals surface area contributed by atoms with Gasteiger partial charge in [-0.15, -0.1) is 0 Å². The summed E-state index contributed by atoms with van der Waals surface area (Å²) in [5, 5.41) is 3.34. The summed E-state index contributed by atoms with van der Waals surface area (Å²) in [5.41, 5.74) is 0. The molecule has 0 saturated carbocycles. The zero-order chi connectivity index (χ0) is 20.1. The Bertz CT molecular complexity index is 291. The molecule has 0 aromatic rings. The fraction of sp³-hybridized carbons (Fsp3) is 1.00. The summed E-state index contributed by atoms with van der Waals surface area (Å²) >= 11 is 0. The first kappa shape index (κ1) is 27.3. The molecule has 0 fully saturated rings. The Labute approximate surface area is 170 Å². The molecule has 0 unspecified atom stereocenters. The Balaban J connectivity index is 3.26. The maximum Gasteiger partial charge on any atom is 0.406 e. The van der Waals surface area contributed by atoms with Gasteiger partial charge in [0.15, 0.2) is 0 Å². The molecular formula is C22H49NO3P+. The standard InChI is InChI=1S/C22H49NO3P/c1-3-5-7-9-11-12-13-14-15-17-19-23-20-21-26-27(24,25)22-18-16-10-8-6-4-2/h23-25H,3-22H2,1-2H3/q+1. The minimum absolute atomic E-state index is 0.397. The van der Waals surface area contributed by atoms with Gasteiger partial charge in [0.1, 0.15) is 12.8 Å². The molecule has 0 aromatic heterocycles. The summed E-state index contributed by atoms with van der Waals surface area (Å²) in [4.78, 5) is 19.9. The summed E-state index contributed by atoms with van der Waals surface area (Å²) in [5.74, 6) is 0. The van der Waals surface area contributed by atoms with E-state index >= 15 is 0 Å². The highest BCUT2D eigenvalue weighted by atomic mass is 31.2. The molecule has 0 radical (unpaired) electrons. The van der Waals surface area contributed by atoms with E-state index in [0.717, 1.165) is 19.4 Å². The van der Waals surface area contributed by atoms with E-state index in [9.17, 15) is 9.79 Å². The minimum Gasteiger partial charge on any atom is -0.314 e. The normalized spacial score (nSPS) is 12.0. The highest BCUT2D eigenvalue weighted by Crippen LogP contribution is 2.51. The molecule has 3 N–H and O–H groups in total. The van der Waals surface area contributed by atoms with Crippen LogP contribution in [0.3, 0.4) is 0 Å². The molecule has 4 nitrogen and oxygen atoms in total. The van der Waals surface area contributed by atoms with Crippen LogP contribution in [0.4, 0.5) is 0 Å². The zero-order valence-corrected chi connectivity index (χ0v) is 19.3. The van der Waals surface area contributed by atoms with Crippen molar-refractivity contribution in [3.05, 3.63) is 0 Å². The largest absolute Gasteiger partial charge is 0.406 e. The van der Waals surface area contributed by atoms with Crippen LogP contribution in [0, 0.1) is 0 Å². The summed E-state index contributed by atoms with van der Waals surface area (Å²) in [7, 11) is -3.12. The average Bonchev–Trinajstić information content (AvgIpc) is 2.65. The van der Waals surface area contributed by atoms with Gasteiger partial charge in [-0.1, -0.05) is 97.3 Å². The summed E-state index contributed by atoms with van der Waals surface area (Å²) < 4.78 is 5.32. The number of hydrogen-bond acceptors (Lipinski definition) is 4. The zero-order valence-electron chi connectivity index (χ0n) is 18.4. The topological polar surface area (TPSA) is 61.7 Å². The van der Waals surface area contributed by atoms with Crippen molar-refractivity contribution in [2.45, 2.75) is 117 Å². The van der Waals surface area contributed by atoms with Gasteiger partial charge >= 0.3 is 7.94 Å². The van der Waals surface area contributed by atoms with Crippen molar-refractivity contribution < 1.29 is 14.3 Å². The molecule has 0 saturated heterocycles. The maximum atomic E-state index is 9.93. The lowest BCUT2D eigenvalue weighted by molar-refractivity contribution is 0.228. The van der Waals surface area contributed by atoms with Crippen molar-refractivity contribution in [2.75, 3.05) is 25.9 Å². The van der Waals surface area contributed by atoms with Crippen molar-refractivity contribution in [3.63, 3.8) is 0 Å². The maximum absolute atomic E-state index is 9.93. The van der Waals surface area contributed by atoms with Gasteiger partial charge in [0.25, 0.3) is 0 Å². The van der Waals surface area contributed by atoms with Crippen LogP contribution < -0.4 is 5.32 Å². The third-order valence-electron chi connectivity index (χ3n) is 5.09. The molecule has 0 atom stereocenters. The number of unbranched alkanes of at least 4 members (excludes halogenated alkanes) is 14. The Hall–Kier alpha value is 0.270. The van der Waals surface area contributed by atoms with Gasteiger partial charge in [-0.05, 0) is 25.8 Å². The third kappa shape index (κ3) is 22.4. The minimum atomic E-state index is -3.12. The summed E-state index contributed by atoms with van der Waals surface area (Å²) in [6.45, 7) is 6.57. The Morgan fingerprint density at radius 3 is 1.56 bits per heavy atom. The van der Waals surface area contributed by atoms with Crippen LogP contribution in [-0.4, -0.2) is 35.6 Å². The smallest absolute Gasteiger partial charge is 0.314 e. The van der Waals surface area contributed by atoms with Crippen molar-refractivity contribution >= 4 is 7.94 Å². The molecule has 0 aliphatic heterocycles. The van der Waals surface area contributed by atoms with Gasteiger partial charge in [0.05, 0.1) is 0 Å². The van der Waals surface area contributed by atoms with Crippen molar-refractivity contribution in [3.8, 4) is 0 Å². The summed E-state index contributed by atoms with van der Waals surface area (Å²) in [6, 6.07) is 0. The fourth-order valence-electron chi connectivity index (χ4n) is 3.29. The highest BCUT2D eigenvalue weighted by molar-refractivity contribution is 7.59. The molecule has 0 heterocycles. The molecule has 0 rings (SSSR count). The molecule has 0 spiro atoms. The van der Waals surface area contributed by atoms with Gasteiger partial charge in [0, 0.05) is 6.54 Å². The molecular weight excluding hydrogens is 357 g/mol. The van der Waals surface area contributed by atoms with Crippen molar-refractivity contribution in [1.82, 2.24) is 5.32 Å². The first-order chi connectivity index (χ1) is 13.1. The molecule has 5 heteroatoms. The molecule has 0 bridgehead atoms. The van der Waals surface area contributed by atoms with Gasteiger partial charge in [-0.2, -0.15) is 14.3 Å². The van der Waals surface area contributed by atoms with Crippen LogP contribution in [0.2, 0.25) is 0 Å². The quantitative estimate of drug-likeness (QED) is 0.140. The van der Waals surface area contributed by atoms with E-state index in [-0.39, 0.29) is 0 Å². The predicted molar refractivity (Wildman–Crippen MR) is 120 cm³/mol. The van der Waals surface area contributed by atoms with E-state index in [0.29, 0.717) is 19.3 Å². The number of nitrogens with one attached hydrogen (secondary N) is 1. The van der Waals surface area contributed by atoms with Crippen LogP contribution in [0.15, 0.2) is 0 Å². The second-order valence-electron chi connectivity index (χ2n) is 7.92. The molecule has 0 aromatic carbocycles. The van der Waals surface area contributed by atoms with E-state index in [1.807, 2.05) is 0 Å². The summed E-state index contributed by atoms with van der Waals surface area (Å²) in [6.07, 6.45) is 20.8. The van der Waals surface area contributed by atoms with E-state index in [4.69, 9.17) is 4.52 Å². The average molecular weight is 407 g/mol. The van der Waals surface area contributed by atoms with Gasteiger partial charge in [-0.25, -0.2) is 0 Å². The van der Waals surface area contributed by atoms with Crippen LogP contribution in [0.5, 0.6) is 0 Å². The van der Waals surface area contributed by atoms with E-state index in [1.165, 1.54) is 89.9 Å². The first-order valence-corrected chi connectivity index (χ1v) is 13.6. The SMILES string of the molecule is CCCCCCCCCCCCNCCO[P+](O)(O)CCCCCCCC. The van der Waals surface area contributed by atoms with Gasteiger partial charge < -0.3 is 5.32 Å². The lowest BCUT2D eigenvalue weighted by Gasteiger charge is -2.11. The fourth-order valence-corrected chi connectivity index (χ4v) is 4.44. The number of rotatable bonds is 22. The van der Waals surface area contributed by atoms with E-state index in [2.05, 4.69) is 19.2 Å². The van der Waals surface area contributed by atoms with E-state index < -0.39 is 7.94 Å². The Kier molecular flexibility index (Phi) is 21.2. The molecule has 0 amide bonds. The molecule has 164 valence electrons. The first-order valence-electron chi connectivity index (χ1n) is 11.8. The van der Waals surface area contributed by atoms with Crippen LogP contribution in [0.1, 0.15) is 117 Å². The van der Waals surface area contributed by atoms with Crippen LogP contribution in [-0.2, 0) is 4.52 Å². The molecule has 0 aliphatic rings. The van der Waals surface area contributed by atoms with Crippen LogP contribution in [0.25, 0.3) is 0 Å². The Morgan fingerprint density at radius 1 is 0.593 bits per heavy atom. The second-order valence-corrected chi connectivity index (χ2v) is 9.96. The van der Waals surface area contributed by atoms with Crippen LogP contribution >= 0.6 is 7.94 Å². The highest BCUT2D eigenvalue weighted by Gasteiger charge is 2.34.